The molecule has 0 unspecified atom stereocenters. The number of nitrogens with one attached hydrogen (secondary N) is 1. The van der Waals surface area contributed by atoms with Gasteiger partial charge in [0.25, 0.3) is 0 Å². The van der Waals surface area contributed by atoms with Gasteiger partial charge in [0.05, 0.1) is 0 Å². The number of nitrogen functional groups attached to an aromatic ring is 1. The second-order valence-corrected chi connectivity index (χ2v) is 3.74. The van der Waals surface area contributed by atoms with E-state index in [1.54, 1.807) is 0 Å². The van der Waals surface area contributed by atoms with Crippen molar-refractivity contribution in [2.45, 2.75) is 6.42 Å². The predicted octanol–water partition coefficient (Wildman–Crippen LogP) is 1.66. The minimum Gasteiger partial charge on any atom is -0.399 e. The zero-order valence-electron chi connectivity index (χ0n) is 9.35. The molecule has 2 rings (SSSR count). The lowest BCUT2D eigenvalue weighted by Gasteiger charge is -2.06. The van der Waals surface area contributed by atoms with Crippen molar-refractivity contribution in [2.75, 3.05) is 17.6 Å². The molecule has 0 spiro atoms. The van der Waals surface area contributed by atoms with Gasteiger partial charge in [-0.15, -0.1) is 0 Å². The van der Waals surface area contributed by atoms with E-state index in [0.717, 1.165) is 24.3 Å². The van der Waals surface area contributed by atoms with E-state index in [1.807, 2.05) is 48.3 Å². The normalized spacial score (nSPS) is 10.3. The van der Waals surface area contributed by atoms with Crippen molar-refractivity contribution in [3.63, 3.8) is 0 Å². The van der Waals surface area contributed by atoms with Crippen LogP contribution in [0.2, 0.25) is 0 Å². The van der Waals surface area contributed by atoms with Gasteiger partial charge >= 0.3 is 0 Å². The first-order valence-corrected chi connectivity index (χ1v) is 5.32. The van der Waals surface area contributed by atoms with E-state index in [0.29, 0.717) is 0 Å². The molecule has 1 heterocycles. The van der Waals surface area contributed by atoms with Crippen molar-refractivity contribution < 1.29 is 0 Å². The Labute approximate surface area is 95.1 Å². The van der Waals surface area contributed by atoms with Crippen LogP contribution in [0.1, 0.15) is 5.69 Å². The summed E-state index contributed by atoms with van der Waals surface area (Å²) in [5.41, 5.74) is 8.72. The number of hydrogen-bond donors (Lipinski definition) is 2. The highest BCUT2D eigenvalue weighted by atomic mass is 15.3. The lowest BCUT2D eigenvalue weighted by molar-refractivity contribution is 0.711. The molecule has 0 fully saturated rings. The van der Waals surface area contributed by atoms with Crippen LogP contribution in [0.3, 0.4) is 0 Å². The highest BCUT2D eigenvalue weighted by Crippen LogP contribution is 2.10. The van der Waals surface area contributed by atoms with Crippen LogP contribution in [0.5, 0.6) is 0 Å². The molecule has 16 heavy (non-hydrogen) atoms. The molecule has 0 saturated carbocycles. The maximum Gasteiger partial charge on any atom is 0.0492 e. The molecule has 3 N–H and O–H groups in total. The van der Waals surface area contributed by atoms with E-state index in [2.05, 4.69) is 10.4 Å². The molecule has 0 saturated heterocycles. The van der Waals surface area contributed by atoms with Crippen LogP contribution in [0.4, 0.5) is 11.4 Å². The maximum absolute atomic E-state index is 5.61. The maximum atomic E-state index is 5.61. The molecule has 2 aromatic rings. The number of anilines is 2. The Kier molecular flexibility index (Phi) is 3.10. The van der Waals surface area contributed by atoms with Gasteiger partial charge in [-0.3, -0.25) is 4.68 Å². The van der Waals surface area contributed by atoms with Gasteiger partial charge in [-0.1, -0.05) is 0 Å². The molecule has 0 bridgehead atoms. The van der Waals surface area contributed by atoms with E-state index in [4.69, 9.17) is 5.73 Å². The summed E-state index contributed by atoms with van der Waals surface area (Å²) in [6.07, 6.45) is 2.78. The molecule has 84 valence electrons. The van der Waals surface area contributed by atoms with Gasteiger partial charge in [-0.2, -0.15) is 5.10 Å². The summed E-state index contributed by atoms with van der Waals surface area (Å²) in [5, 5.41) is 7.47. The molecule has 0 aliphatic heterocycles. The topological polar surface area (TPSA) is 55.9 Å². The van der Waals surface area contributed by atoms with Gasteiger partial charge in [0.2, 0.25) is 0 Å². The van der Waals surface area contributed by atoms with Gasteiger partial charge in [0, 0.05) is 43.3 Å². The first kappa shape index (κ1) is 10.5. The minimum absolute atomic E-state index is 0.789. The molecule has 0 aliphatic carbocycles. The van der Waals surface area contributed by atoms with Crippen LogP contribution in [-0.2, 0) is 13.5 Å². The van der Waals surface area contributed by atoms with Gasteiger partial charge in [-0.25, -0.2) is 0 Å². The largest absolute Gasteiger partial charge is 0.399 e. The molecule has 0 atom stereocenters. The Morgan fingerprint density at radius 3 is 2.62 bits per heavy atom. The van der Waals surface area contributed by atoms with E-state index < -0.39 is 0 Å². The smallest absolute Gasteiger partial charge is 0.0492 e. The average molecular weight is 216 g/mol. The van der Waals surface area contributed by atoms with Gasteiger partial charge in [0.15, 0.2) is 0 Å². The zero-order chi connectivity index (χ0) is 11.4. The van der Waals surface area contributed by atoms with E-state index in [1.165, 1.54) is 5.69 Å². The second-order valence-electron chi connectivity index (χ2n) is 3.74. The number of nitrogens with two attached hydrogens (primary N) is 1. The highest BCUT2D eigenvalue weighted by Gasteiger charge is 1.97. The van der Waals surface area contributed by atoms with Crippen LogP contribution in [0.15, 0.2) is 36.5 Å². The lowest BCUT2D eigenvalue weighted by atomic mass is 10.2. The number of hydrogen-bond acceptors (Lipinski definition) is 3. The Morgan fingerprint density at radius 1 is 1.25 bits per heavy atom. The fourth-order valence-electron chi connectivity index (χ4n) is 1.58. The molecule has 0 amide bonds. The molecule has 0 radical (unpaired) electrons. The third-order valence-electron chi connectivity index (χ3n) is 2.54. The Balaban J connectivity index is 1.84. The molecule has 4 nitrogen and oxygen atoms in total. The van der Waals surface area contributed by atoms with Gasteiger partial charge in [0.1, 0.15) is 0 Å². The quantitative estimate of drug-likeness (QED) is 0.764. The third kappa shape index (κ3) is 2.53. The fraction of sp³-hybridized carbons (Fsp3) is 0.250. The van der Waals surface area contributed by atoms with Crippen LogP contribution >= 0.6 is 0 Å². The third-order valence-corrected chi connectivity index (χ3v) is 2.54. The molecule has 4 heteroatoms. The molecule has 0 aliphatic rings. The zero-order valence-corrected chi connectivity index (χ0v) is 9.35. The van der Waals surface area contributed by atoms with Crippen molar-refractivity contribution in [2.24, 2.45) is 7.05 Å². The van der Waals surface area contributed by atoms with Crippen LogP contribution < -0.4 is 11.1 Å². The first-order chi connectivity index (χ1) is 7.75. The summed E-state index contributed by atoms with van der Waals surface area (Å²) in [7, 11) is 1.96. The number of aromatic nitrogens is 2. The van der Waals surface area contributed by atoms with Crippen LogP contribution in [-0.4, -0.2) is 16.3 Å². The lowest BCUT2D eigenvalue weighted by Crippen LogP contribution is -2.08. The molecule has 1 aromatic carbocycles. The Morgan fingerprint density at radius 2 is 2.00 bits per heavy atom. The number of aryl methyl sites for hydroxylation is 1. The molecular formula is C12H16N4. The summed E-state index contributed by atoms with van der Waals surface area (Å²) < 4.78 is 1.89. The minimum atomic E-state index is 0.789. The van der Waals surface area contributed by atoms with Gasteiger partial charge < -0.3 is 11.1 Å². The van der Waals surface area contributed by atoms with Crippen LogP contribution in [0.25, 0.3) is 0 Å². The first-order valence-electron chi connectivity index (χ1n) is 5.32. The van der Waals surface area contributed by atoms with Crippen molar-refractivity contribution in [3.05, 3.63) is 42.2 Å². The monoisotopic (exact) mass is 216 g/mol. The highest BCUT2D eigenvalue weighted by molar-refractivity contribution is 5.51. The average Bonchev–Trinajstić information content (AvgIpc) is 2.68. The predicted molar refractivity (Wildman–Crippen MR) is 66.3 cm³/mol. The van der Waals surface area contributed by atoms with Crippen molar-refractivity contribution >= 4 is 11.4 Å². The van der Waals surface area contributed by atoms with Crippen molar-refractivity contribution in [3.8, 4) is 0 Å². The van der Waals surface area contributed by atoms with Crippen LogP contribution in [0, 0.1) is 0 Å². The van der Waals surface area contributed by atoms with Gasteiger partial charge in [-0.05, 0) is 30.3 Å². The standard InChI is InChI=1S/C12H16N4/c1-16-12(7-9-15-16)6-8-14-11-4-2-10(13)3-5-11/h2-5,7,9,14H,6,8,13H2,1H3. The summed E-state index contributed by atoms with van der Waals surface area (Å²) in [6.45, 7) is 0.892. The van der Waals surface area contributed by atoms with Crippen molar-refractivity contribution in [1.82, 2.24) is 9.78 Å². The molecular weight excluding hydrogens is 200 g/mol. The van der Waals surface area contributed by atoms with E-state index >= 15 is 0 Å². The fourth-order valence-corrected chi connectivity index (χ4v) is 1.58. The summed E-state index contributed by atoms with van der Waals surface area (Å²) in [6, 6.07) is 9.79. The second kappa shape index (κ2) is 4.70. The van der Waals surface area contributed by atoms with E-state index in [-0.39, 0.29) is 0 Å². The number of rotatable bonds is 4. The Bertz CT molecular complexity index is 444. The molecule has 1 aromatic heterocycles. The summed E-state index contributed by atoms with van der Waals surface area (Å²) >= 11 is 0. The summed E-state index contributed by atoms with van der Waals surface area (Å²) in [4.78, 5) is 0. The Hall–Kier alpha value is -1.97. The number of benzene rings is 1. The summed E-state index contributed by atoms with van der Waals surface area (Å²) in [5.74, 6) is 0. The van der Waals surface area contributed by atoms with E-state index in [9.17, 15) is 0 Å². The number of nitrogens with zero attached hydrogens (tertiary/aromatic N) is 2. The van der Waals surface area contributed by atoms with Crippen molar-refractivity contribution in [1.29, 1.82) is 0 Å². The SMILES string of the molecule is Cn1nccc1CCNc1ccc(N)cc1.